The summed E-state index contributed by atoms with van der Waals surface area (Å²) in [5, 5.41) is 0. The van der Waals surface area contributed by atoms with Gasteiger partial charge in [0.05, 0.1) is 0 Å². The molecule has 6 heteroatoms. The van der Waals surface area contributed by atoms with Gasteiger partial charge in [0.2, 0.25) is 0 Å². The van der Waals surface area contributed by atoms with Crippen molar-refractivity contribution in [1.29, 1.82) is 0 Å². The maximum atomic E-state index is 14.8. The van der Waals surface area contributed by atoms with E-state index in [1.807, 2.05) is 18.2 Å². The molecule has 2 aliphatic carbocycles. The molecule has 0 radical (unpaired) electrons. The number of halogens is 4. The van der Waals surface area contributed by atoms with Crippen molar-refractivity contribution in [3.63, 3.8) is 0 Å². The zero-order chi connectivity index (χ0) is 23.1. The van der Waals surface area contributed by atoms with Gasteiger partial charge in [0.15, 0.2) is 0 Å². The van der Waals surface area contributed by atoms with E-state index in [-0.39, 0.29) is 5.83 Å². The summed E-state index contributed by atoms with van der Waals surface area (Å²) in [4.78, 5) is 11.0. The minimum Gasteiger partial charge on any atom is -0.456 e. The summed E-state index contributed by atoms with van der Waals surface area (Å²) in [6, 6.07) is 8.15. The fourth-order valence-electron chi connectivity index (χ4n) is 4.88. The fourth-order valence-corrected chi connectivity index (χ4v) is 4.88. The van der Waals surface area contributed by atoms with Crippen LogP contribution in [0.5, 0.6) is 0 Å². The largest absolute Gasteiger partial charge is 0.490 e. The van der Waals surface area contributed by atoms with E-state index in [1.54, 1.807) is 0 Å². The number of hydrogen-bond acceptors (Lipinski definition) is 2. The van der Waals surface area contributed by atoms with Crippen molar-refractivity contribution in [3.8, 4) is 0 Å². The van der Waals surface area contributed by atoms with Crippen LogP contribution in [0.1, 0.15) is 75.3 Å². The van der Waals surface area contributed by atoms with Gasteiger partial charge in [-0.1, -0.05) is 36.8 Å². The number of esters is 1. The Kier molecular flexibility index (Phi) is 8.55. The first-order valence-corrected chi connectivity index (χ1v) is 11.6. The molecule has 176 valence electrons. The lowest BCUT2D eigenvalue weighted by molar-refractivity contribution is -0.206. The minimum absolute atomic E-state index is 0.0112. The molecule has 0 spiro atoms. The lowest BCUT2D eigenvalue weighted by Crippen LogP contribution is -2.32. The van der Waals surface area contributed by atoms with Crippen molar-refractivity contribution in [2.75, 3.05) is 0 Å². The maximum absolute atomic E-state index is 14.8. The first-order chi connectivity index (χ1) is 15.3. The highest BCUT2D eigenvalue weighted by Crippen LogP contribution is 2.40. The van der Waals surface area contributed by atoms with Gasteiger partial charge in [-0.15, -0.1) is 6.58 Å². The van der Waals surface area contributed by atoms with Crippen molar-refractivity contribution >= 4 is 11.5 Å². The van der Waals surface area contributed by atoms with Crippen LogP contribution in [0.25, 0.3) is 5.57 Å². The van der Waals surface area contributed by atoms with E-state index in [2.05, 4.69) is 23.4 Å². The molecule has 2 nitrogen and oxygen atoms in total. The summed E-state index contributed by atoms with van der Waals surface area (Å²) in [5.74, 6) is -1.38. The van der Waals surface area contributed by atoms with Gasteiger partial charge >= 0.3 is 12.1 Å². The highest BCUT2D eigenvalue weighted by atomic mass is 19.4. The fraction of sp³-hybridized carbons (Fsp3) is 0.577. The van der Waals surface area contributed by atoms with E-state index >= 15 is 0 Å². The highest BCUT2D eigenvalue weighted by molar-refractivity contribution is 5.75. The van der Waals surface area contributed by atoms with Crippen LogP contribution in [0, 0.1) is 11.8 Å². The van der Waals surface area contributed by atoms with Gasteiger partial charge in [-0.05, 0) is 86.3 Å². The Labute approximate surface area is 187 Å². The number of allylic oxidation sites excluding steroid dienone is 3. The number of ether oxygens (including phenoxy) is 1. The second kappa shape index (κ2) is 11.2. The average molecular weight is 453 g/mol. The maximum Gasteiger partial charge on any atom is 0.490 e. The lowest BCUT2D eigenvalue weighted by atomic mass is 9.79. The number of carbonyl (C=O) groups is 1. The molecule has 32 heavy (non-hydrogen) atoms. The predicted octanol–water partition coefficient (Wildman–Crippen LogP) is 7.73. The molecule has 0 aromatic heterocycles. The first kappa shape index (κ1) is 24.5. The van der Waals surface area contributed by atoms with Crippen molar-refractivity contribution in [3.05, 3.63) is 53.9 Å². The van der Waals surface area contributed by atoms with E-state index in [1.165, 1.54) is 5.56 Å². The van der Waals surface area contributed by atoms with Gasteiger partial charge < -0.3 is 4.74 Å². The molecular formula is C26H32F4O2. The minimum atomic E-state index is -4.93. The number of alkyl halides is 3. The summed E-state index contributed by atoms with van der Waals surface area (Å²) in [6.45, 7) is 3.74. The second-order valence-corrected chi connectivity index (χ2v) is 9.14. The molecule has 0 bridgehead atoms. The third-order valence-corrected chi connectivity index (χ3v) is 6.82. The van der Waals surface area contributed by atoms with Gasteiger partial charge in [-0.25, -0.2) is 9.18 Å². The monoisotopic (exact) mass is 452 g/mol. The summed E-state index contributed by atoms with van der Waals surface area (Å²) < 4.78 is 56.4. The Morgan fingerprint density at radius 1 is 1.03 bits per heavy atom. The number of aryl methyl sites for hydroxylation is 1. The van der Waals surface area contributed by atoms with E-state index in [0.29, 0.717) is 31.1 Å². The van der Waals surface area contributed by atoms with Crippen LogP contribution < -0.4 is 0 Å². The summed E-state index contributed by atoms with van der Waals surface area (Å²) in [6.07, 6.45) is 4.69. The Balaban J connectivity index is 1.42. The van der Waals surface area contributed by atoms with Crippen LogP contribution in [0.4, 0.5) is 17.6 Å². The highest BCUT2D eigenvalue weighted by Gasteiger charge is 2.42. The Hall–Kier alpha value is -2.11. The topological polar surface area (TPSA) is 26.3 Å². The summed E-state index contributed by atoms with van der Waals surface area (Å²) >= 11 is 0. The zero-order valence-corrected chi connectivity index (χ0v) is 18.4. The first-order valence-electron chi connectivity index (χ1n) is 11.6. The molecule has 0 aliphatic heterocycles. The van der Waals surface area contributed by atoms with Crippen LogP contribution in [-0.2, 0) is 16.0 Å². The average Bonchev–Trinajstić information content (AvgIpc) is 2.77. The molecule has 1 fully saturated rings. The van der Waals surface area contributed by atoms with Gasteiger partial charge in [0, 0.05) is 6.42 Å². The zero-order valence-electron chi connectivity index (χ0n) is 18.4. The van der Waals surface area contributed by atoms with Crippen LogP contribution in [-0.4, -0.2) is 18.2 Å². The Bertz CT molecular complexity index is 802. The van der Waals surface area contributed by atoms with Gasteiger partial charge in [0.25, 0.3) is 0 Å². The smallest absolute Gasteiger partial charge is 0.456 e. The quantitative estimate of drug-likeness (QED) is 0.229. The molecule has 0 heterocycles. The van der Waals surface area contributed by atoms with Crippen molar-refractivity contribution < 1.29 is 27.1 Å². The Morgan fingerprint density at radius 3 is 2.28 bits per heavy atom. The van der Waals surface area contributed by atoms with Crippen LogP contribution in [0.3, 0.4) is 0 Å². The molecule has 1 atom stereocenters. The molecule has 2 aliphatic rings. The number of carbonyl (C=O) groups excluding carboxylic acids is 1. The molecule has 1 unspecified atom stereocenters. The third-order valence-electron chi connectivity index (χ3n) is 6.82. The standard InChI is InChI=1S/C26H32F4O2/c1-2-3-4-18-7-12-21(13-8-18)23-16-11-20(17-24(23)27)6-5-19-9-14-22(15-10-19)32-25(31)26(28,29)30/h2,7-8,12-13,19-20,22H,1,3-6,9-11,14-17H2. The molecule has 0 saturated heterocycles. The molecule has 3 rings (SSSR count). The van der Waals surface area contributed by atoms with Gasteiger partial charge in [-0.2, -0.15) is 13.2 Å². The molecule has 1 aromatic carbocycles. The molecule has 1 aromatic rings. The number of hydrogen-bond donors (Lipinski definition) is 0. The summed E-state index contributed by atoms with van der Waals surface area (Å²) in [7, 11) is 0. The van der Waals surface area contributed by atoms with Gasteiger partial charge in [0.1, 0.15) is 11.9 Å². The second-order valence-electron chi connectivity index (χ2n) is 9.14. The molecule has 1 saturated carbocycles. The van der Waals surface area contributed by atoms with Crippen LogP contribution in [0.15, 0.2) is 42.7 Å². The molecular weight excluding hydrogens is 420 g/mol. The van der Waals surface area contributed by atoms with Crippen molar-refractivity contribution in [2.45, 2.75) is 82.9 Å². The van der Waals surface area contributed by atoms with E-state index in [0.717, 1.165) is 62.5 Å². The SMILES string of the molecule is C=CCCc1ccc(C2=C(F)CC(CCC3CCC(OC(=O)C(F)(F)F)CC3)CC2)cc1. The number of rotatable bonds is 8. The van der Waals surface area contributed by atoms with Crippen LogP contribution in [0.2, 0.25) is 0 Å². The lowest BCUT2D eigenvalue weighted by Gasteiger charge is -2.30. The van der Waals surface area contributed by atoms with Crippen molar-refractivity contribution in [1.82, 2.24) is 0 Å². The van der Waals surface area contributed by atoms with Gasteiger partial charge in [-0.3, -0.25) is 0 Å². The number of benzene rings is 1. The van der Waals surface area contributed by atoms with E-state index < -0.39 is 18.2 Å². The van der Waals surface area contributed by atoms with Crippen LogP contribution >= 0.6 is 0 Å². The summed E-state index contributed by atoms with van der Waals surface area (Å²) in [5.41, 5.74) is 3.02. The normalized spacial score (nSPS) is 24.3. The molecule has 0 amide bonds. The Morgan fingerprint density at radius 2 is 1.69 bits per heavy atom. The van der Waals surface area contributed by atoms with Crippen molar-refractivity contribution in [2.24, 2.45) is 11.8 Å². The molecule has 0 N–H and O–H groups in total. The predicted molar refractivity (Wildman–Crippen MR) is 117 cm³/mol. The van der Waals surface area contributed by atoms with E-state index in [4.69, 9.17) is 0 Å². The van der Waals surface area contributed by atoms with E-state index in [9.17, 15) is 22.4 Å². The third kappa shape index (κ3) is 6.94.